The summed E-state index contributed by atoms with van der Waals surface area (Å²) >= 11 is 0. The third-order valence-electron chi connectivity index (χ3n) is 6.98. The average Bonchev–Trinajstić information content (AvgIpc) is 3.53. The first-order valence-electron chi connectivity index (χ1n) is 11.1. The van der Waals surface area contributed by atoms with Gasteiger partial charge in [0.2, 0.25) is 11.8 Å². The minimum Gasteiger partial charge on any atom is -0.422 e. The number of para-hydroxylation sites is 1. The van der Waals surface area contributed by atoms with Crippen molar-refractivity contribution in [3.63, 3.8) is 0 Å². The number of esters is 1. The summed E-state index contributed by atoms with van der Waals surface area (Å²) in [6.45, 7) is 0. The lowest BCUT2D eigenvalue weighted by atomic mass is 9.85. The molecule has 1 saturated heterocycles. The molecule has 2 aliphatic carbocycles. The fraction of sp³-hybridized carbons (Fsp3) is 0.179. The van der Waals surface area contributed by atoms with Crippen LogP contribution in [0.15, 0.2) is 91.0 Å². The van der Waals surface area contributed by atoms with E-state index in [4.69, 9.17) is 4.74 Å². The van der Waals surface area contributed by atoms with Crippen molar-refractivity contribution in [2.45, 2.75) is 6.42 Å². The Balaban J connectivity index is 1.27. The lowest BCUT2D eigenvalue weighted by Gasteiger charge is -2.18. The molecule has 0 spiro atoms. The minimum atomic E-state index is -0.541. The van der Waals surface area contributed by atoms with Crippen LogP contribution in [0.2, 0.25) is 0 Å². The molecular formula is C28H21NO4. The van der Waals surface area contributed by atoms with Crippen LogP contribution in [0, 0.1) is 23.7 Å². The van der Waals surface area contributed by atoms with Crippen LogP contribution in [0.5, 0.6) is 5.75 Å². The van der Waals surface area contributed by atoms with Crippen LogP contribution in [0.25, 0.3) is 11.1 Å². The fourth-order valence-corrected chi connectivity index (χ4v) is 5.50. The summed E-state index contributed by atoms with van der Waals surface area (Å²) in [5.41, 5.74) is 2.46. The van der Waals surface area contributed by atoms with Gasteiger partial charge in [0.1, 0.15) is 5.75 Å². The molecule has 3 aromatic rings. The predicted molar refractivity (Wildman–Crippen MR) is 123 cm³/mol. The Kier molecular flexibility index (Phi) is 4.50. The number of hydrogen-bond donors (Lipinski definition) is 0. The highest BCUT2D eigenvalue weighted by Gasteiger charge is 2.59. The normalized spacial score (nSPS) is 24.9. The van der Waals surface area contributed by atoms with Gasteiger partial charge >= 0.3 is 5.97 Å². The highest BCUT2D eigenvalue weighted by molar-refractivity contribution is 6.23. The second-order valence-electron chi connectivity index (χ2n) is 8.81. The monoisotopic (exact) mass is 435 g/mol. The van der Waals surface area contributed by atoms with Gasteiger partial charge in [0.05, 0.1) is 23.1 Å². The first-order chi connectivity index (χ1) is 16.1. The lowest BCUT2D eigenvalue weighted by Crippen LogP contribution is -2.33. The first-order valence-corrected chi connectivity index (χ1v) is 11.1. The number of fused-ring (bicyclic) bond motifs is 5. The molecule has 2 bridgehead atoms. The molecule has 2 amide bonds. The third-order valence-corrected chi connectivity index (χ3v) is 6.98. The summed E-state index contributed by atoms with van der Waals surface area (Å²) in [4.78, 5) is 40.5. The van der Waals surface area contributed by atoms with Crippen molar-refractivity contribution < 1.29 is 19.1 Å². The van der Waals surface area contributed by atoms with Crippen molar-refractivity contribution in [2.24, 2.45) is 23.7 Å². The van der Waals surface area contributed by atoms with E-state index in [0.717, 1.165) is 17.5 Å². The van der Waals surface area contributed by atoms with Crippen LogP contribution < -0.4 is 9.64 Å². The highest BCUT2D eigenvalue weighted by Crippen LogP contribution is 2.53. The number of amides is 2. The molecule has 2 fully saturated rings. The van der Waals surface area contributed by atoms with E-state index < -0.39 is 5.97 Å². The topological polar surface area (TPSA) is 63.7 Å². The Labute approximate surface area is 191 Å². The molecule has 5 nitrogen and oxygen atoms in total. The van der Waals surface area contributed by atoms with Gasteiger partial charge in [-0.1, -0.05) is 66.7 Å². The van der Waals surface area contributed by atoms with Gasteiger partial charge in [-0.25, -0.2) is 9.69 Å². The van der Waals surface area contributed by atoms with Gasteiger partial charge in [-0.2, -0.15) is 0 Å². The Morgan fingerprint density at radius 3 is 2.18 bits per heavy atom. The van der Waals surface area contributed by atoms with Crippen molar-refractivity contribution in [1.82, 2.24) is 0 Å². The second-order valence-corrected chi connectivity index (χ2v) is 8.81. The molecule has 1 saturated carbocycles. The van der Waals surface area contributed by atoms with E-state index in [-0.39, 0.29) is 41.0 Å². The standard InChI is InChI=1S/C28H21NO4/c30-26-24-18-13-14-19(15-18)25(24)27(31)29(26)21-10-6-9-20(16-21)28(32)33-23-12-5-4-11-22(23)17-7-2-1-3-8-17/h1-14,16,18-19,24-25H,15H2/t18-,19-,24+,25+/m0/s1. The van der Waals surface area contributed by atoms with Gasteiger partial charge in [-0.15, -0.1) is 0 Å². The molecule has 0 aromatic heterocycles. The number of imide groups is 1. The number of allylic oxidation sites excluding steroid dienone is 2. The van der Waals surface area contributed by atoms with Gasteiger partial charge in [-0.05, 0) is 48.1 Å². The molecule has 1 heterocycles. The van der Waals surface area contributed by atoms with Crippen LogP contribution in [-0.4, -0.2) is 17.8 Å². The summed E-state index contributed by atoms with van der Waals surface area (Å²) in [5.74, 6) is -0.690. The summed E-state index contributed by atoms with van der Waals surface area (Å²) in [6, 6.07) is 23.6. The molecule has 3 aromatic carbocycles. The molecular weight excluding hydrogens is 414 g/mol. The average molecular weight is 435 g/mol. The third kappa shape index (κ3) is 3.11. The lowest BCUT2D eigenvalue weighted by molar-refractivity contribution is -0.123. The van der Waals surface area contributed by atoms with E-state index in [9.17, 15) is 14.4 Å². The van der Waals surface area contributed by atoms with Crippen molar-refractivity contribution in [1.29, 1.82) is 0 Å². The van der Waals surface area contributed by atoms with Crippen LogP contribution >= 0.6 is 0 Å². The molecule has 162 valence electrons. The zero-order valence-electron chi connectivity index (χ0n) is 17.8. The number of nitrogens with zero attached hydrogens (tertiary/aromatic N) is 1. The fourth-order valence-electron chi connectivity index (χ4n) is 5.50. The van der Waals surface area contributed by atoms with E-state index in [0.29, 0.717) is 11.4 Å². The van der Waals surface area contributed by atoms with Crippen molar-refractivity contribution in [2.75, 3.05) is 4.90 Å². The number of carbonyl (C=O) groups excluding carboxylic acids is 3. The summed E-state index contributed by atoms with van der Waals surface area (Å²) < 4.78 is 5.74. The number of anilines is 1. The van der Waals surface area contributed by atoms with Crippen molar-refractivity contribution in [3.8, 4) is 16.9 Å². The highest BCUT2D eigenvalue weighted by atomic mass is 16.5. The molecule has 0 radical (unpaired) electrons. The van der Waals surface area contributed by atoms with Gasteiger partial charge in [0.15, 0.2) is 0 Å². The molecule has 0 unspecified atom stereocenters. The number of benzene rings is 3. The first kappa shape index (κ1) is 19.7. The second kappa shape index (κ2) is 7.55. The van der Waals surface area contributed by atoms with Gasteiger partial charge in [0.25, 0.3) is 0 Å². The Morgan fingerprint density at radius 2 is 1.45 bits per heavy atom. The summed E-state index contributed by atoms with van der Waals surface area (Å²) in [6.07, 6.45) is 5.02. The maximum Gasteiger partial charge on any atom is 0.343 e. The SMILES string of the molecule is O=C(Oc1ccccc1-c1ccccc1)c1cccc(N2C(=O)[C@H]3[C@H](C2=O)[C@H]2C=C[C@H]3C2)c1. The van der Waals surface area contributed by atoms with E-state index >= 15 is 0 Å². The van der Waals surface area contributed by atoms with Gasteiger partial charge in [-0.3, -0.25) is 9.59 Å². The largest absolute Gasteiger partial charge is 0.422 e. The van der Waals surface area contributed by atoms with Crippen LogP contribution in [0.3, 0.4) is 0 Å². The number of ether oxygens (including phenoxy) is 1. The zero-order valence-corrected chi connectivity index (χ0v) is 17.8. The molecule has 6 rings (SSSR count). The van der Waals surface area contributed by atoms with E-state index in [1.165, 1.54) is 4.90 Å². The maximum absolute atomic E-state index is 13.1. The number of rotatable bonds is 4. The Bertz CT molecular complexity index is 1280. The maximum atomic E-state index is 13.1. The predicted octanol–water partition coefficient (Wildman–Crippen LogP) is 4.88. The van der Waals surface area contributed by atoms with E-state index in [1.54, 1.807) is 30.3 Å². The van der Waals surface area contributed by atoms with Gasteiger partial charge < -0.3 is 4.74 Å². The Hall–Kier alpha value is -3.99. The zero-order chi connectivity index (χ0) is 22.5. The quantitative estimate of drug-likeness (QED) is 0.254. The summed E-state index contributed by atoms with van der Waals surface area (Å²) in [5, 5.41) is 0. The molecule has 5 heteroatoms. The Morgan fingerprint density at radius 1 is 0.788 bits per heavy atom. The molecule has 3 aliphatic rings. The smallest absolute Gasteiger partial charge is 0.343 e. The molecule has 4 atom stereocenters. The van der Waals surface area contributed by atoms with Crippen LogP contribution in [0.1, 0.15) is 16.8 Å². The van der Waals surface area contributed by atoms with Crippen LogP contribution in [0.4, 0.5) is 5.69 Å². The molecule has 1 aliphatic heterocycles. The van der Waals surface area contributed by atoms with E-state index in [1.807, 2.05) is 48.5 Å². The molecule has 33 heavy (non-hydrogen) atoms. The molecule has 0 N–H and O–H groups in total. The van der Waals surface area contributed by atoms with Gasteiger partial charge in [0, 0.05) is 5.56 Å². The van der Waals surface area contributed by atoms with E-state index in [2.05, 4.69) is 12.2 Å². The minimum absolute atomic E-state index is 0.143. The van der Waals surface area contributed by atoms with Crippen molar-refractivity contribution >= 4 is 23.5 Å². The number of carbonyl (C=O) groups is 3. The van der Waals surface area contributed by atoms with Crippen LogP contribution in [-0.2, 0) is 9.59 Å². The van der Waals surface area contributed by atoms with Crippen molar-refractivity contribution in [3.05, 3.63) is 96.6 Å². The summed E-state index contributed by atoms with van der Waals surface area (Å²) in [7, 11) is 0. The number of hydrogen-bond acceptors (Lipinski definition) is 4.